The first-order valence-corrected chi connectivity index (χ1v) is 26.3. The maximum absolute atomic E-state index is 13.1. The number of nitrogens with one attached hydrogen (secondary N) is 1. The molecule has 380 valence electrons. The lowest BCUT2D eigenvalue weighted by atomic mass is 9.97. The van der Waals surface area contributed by atoms with Crippen molar-refractivity contribution in [3.8, 4) is 0 Å². The Kier molecular flexibility index (Phi) is 35.0. The zero-order valence-electron chi connectivity index (χ0n) is 40.3. The molecule has 2 rings (SSSR count). The molecule has 12 atom stereocenters. The number of unbranched alkanes of at least 4 members (excludes halogenated alkanes) is 28. The van der Waals surface area contributed by atoms with Gasteiger partial charge in [-0.3, -0.25) is 4.79 Å². The summed E-state index contributed by atoms with van der Waals surface area (Å²) in [6.07, 6.45) is 22.1. The second-order valence-corrected chi connectivity index (χ2v) is 19.0. The maximum Gasteiger partial charge on any atom is 0.220 e. The number of carbonyl (C=O) groups is 1. The Balaban J connectivity index is 1.59. The minimum absolute atomic E-state index is 0.211. The van der Waals surface area contributed by atoms with Crippen molar-refractivity contribution in [1.29, 1.82) is 0 Å². The fourth-order valence-electron chi connectivity index (χ4n) is 9.00. The van der Waals surface area contributed by atoms with Gasteiger partial charge < -0.3 is 65.1 Å². The number of hydrogen-bond acceptors (Lipinski definition) is 13. The van der Waals surface area contributed by atoms with Crippen LogP contribution >= 0.6 is 0 Å². The first-order valence-electron chi connectivity index (χ1n) is 26.3. The number of aliphatic hydroxyl groups is 8. The summed E-state index contributed by atoms with van der Waals surface area (Å²) in [6, 6.07) is -0.818. The predicted molar refractivity (Wildman–Crippen MR) is 249 cm³/mol. The zero-order valence-corrected chi connectivity index (χ0v) is 40.3. The van der Waals surface area contributed by atoms with Crippen LogP contribution in [0.1, 0.15) is 219 Å². The van der Waals surface area contributed by atoms with Gasteiger partial charge in [0.15, 0.2) is 12.6 Å². The van der Waals surface area contributed by atoms with Crippen molar-refractivity contribution in [3.05, 3.63) is 0 Å². The number of ether oxygens (including phenoxy) is 4. The number of aliphatic hydroxyl groups excluding tert-OH is 8. The second-order valence-electron chi connectivity index (χ2n) is 19.0. The molecule has 2 aliphatic rings. The van der Waals surface area contributed by atoms with E-state index in [-0.39, 0.29) is 12.5 Å². The molecule has 14 nitrogen and oxygen atoms in total. The number of amides is 1. The Hall–Kier alpha value is -1.01. The van der Waals surface area contributed by atoms with Gasteiger partial charge in [-0.2, -0.15) is 0 Å². The highest BCUT2D eigenvalue weighted by Crippen LogP contribution is 2.30. The van der Waals surface area contributed by atoms with Crippen LogP contribution in [0.2, 0.25) is 0 Å². The van der Waals surface area contributed by atoms with E-state index in [9.17, 15) is 45.6 Å². The molecule has 12 unspecified atom stereocenters. The lowest BCUT2D eigenvalue weighted by Gasteiger charge is -2.46. The van der Waals surface area contributed by atoms with Crippen molar-refractivity contribution in [3.63, 3.8) is 0 Å². The Labute approximate surface area is 387 Å². The maximum atomic E-state index is 13.1. The van der Waals surface area contributed by atoms with Gasteiger partial charge in [0.25, 0.3) is 0 Å². The summed E-state index contributed by atoms with van der Waals surface area (Å²) in [5.41, 5.74) is 0. The van der Waals surface area contributed by atoms with Crippen molar-refractivity contribution in [2.45, 2.75) is 293 Å². The van der Waals surface area contributed by atoms with Gasteiger partial charge in [0.2, 0.25) is 5.91 Å². The molecule has 64 heavy (non-hydrogen) atoms. The number of rotatable bonds is 41. The minimum Gasteiger partial charge on any atom is -0.394 e. The smallest absolute Gasteiger partial charge is 0.220 e. The first kappa shape index (κ1) is 59.1. The van der Waals surface area contributed by atoms with Gasteiger partial charge in [0.1, 0.15) is 48.8 Å². The van der Waals surface area contributed by atoms with E-state index in [0.717, 1.165) is 51.4 Å². The summed E-state index contributed by atoms with van der Waals surface area (Å²) >= 11 is 0. The van der Waals surface area contributed by atoms with E-state index in [1.54, 1.807) is 0 Å². The third kappa shape index (κ3) is 24.8. The lowest BCUT2D eigenvalue weighted by molar-refractivity contribution is -0.359. The SMILES string of the molecule is CCCCCCCCCCCCCCCCCCCCCCCCCCCCC(=O)NC(COC1OC(CO)C(OC2OC(CO)C(O)C(O)C2O)C(O)C1O)C(O)CCCCCC. The summed E-state index contributed by atoms with van der Waals surface area (Å²) in [6.45, 7) is 2.74. The highest BCUT2D eigenvalue weighted by Gasteiger charge is 2.51. The van der Waals surface area contributed by atoms with Crippen molar-refractivity contribution in [2.24, 2.45) is 0 Å². The average Bonchev–Trinajstić information content (AvgIpc) is 3.29. The summed E-state index contributed by atoms with van der Waals surface area (Å²) in [7, 11) is 0. The van der Waals surface area contributed by atoms with Crippen LogP contribution in [0.15, 0.2) is 0 Å². The molecule has 0 aromatic rings. The highest BCUT2D eigenvalue weighted by molar-refractivity contribution is 5.76. The third-order valence-electron chi connectivity index (χ3n) is 13.3. The lowest BCUT2D eigenvalue weighted by Crippen LogP contribution is -2.65. The summed E-state index contributed by atoms with van der Waals surface area (Å²) in [5, 5.41) is 86.2. The Bertz CT molecular complexity index is 1090. The van der Waals surface area contributed by atoms with E-state index in [2.05, 4.69) is 19.2 Å². The average molecular weight is 920 g/mol. The Morgan fingerprint density at radius 2 is 0.891 bits per heavy atom. The molecular weight excluding hydrogens is 823 g/mol. The molecule has 2 fully saturated rings. The van der Waals surface area contributed by atoms with Crippen LogP contribution in [-0.2, 0) is 23.7 Å². The predicted octanol–water partition coefficient (Wildman–Crippen LogP) is 7.00. The topological polar surface area (TPSA) is 228 Å². The molecule has 2 aliphatic heterocycles. The van der Waals surface area contributed by atoms with E-state index in [0.29, 0.717) is 12.8 Å². The van der Waals surface area contributed by atoms with Crippen LogP contribution in [0, 0.1) is 0 Å². The Morgan fingerprint density at radius 1 is 0.500 bits per heavy atom. The van der Waals surface area contributed by atoms with Crippen LogP contribution in [0.4, 0.5) is 0 Å². The molecule has 0 aromatic carbocycles. The van der Waals surface area contributed by atoms with Gasteiger partial charge in [0.05, 0.1) is 32.0 Å². The van der Waals surface area contributed by atoms with Gasteiger partial charge in [-0.15, -0.1) is 0 Å². The summed E-state index contributed by atoms with van der Waals surface area (Å²) in [5.74, 6) is -0.211. The fraction of sp³-hybridized carbons (Fsp3) is 0.980. The molecular formula is C50H97NO13. The van der Waals surface area contributed by atoms with Gasteiger partial charge in [0, 0.05) is 6.42 Å². The zero-order chi connectivity index (χ0) is 46.8. The van der Waals surface area contributed by atoms with Gasteiger partial charge in [-0.1, -0.05) is 200 Å². The molecule has 0 bridgehead atoms. The largest absolute Gasteiger partial charge is 0.394 e. The Morgan fingerprint density at radius 3 is 1.33 bits per heavy atom. The molecule has 0 radical (unpaired) electrons. The summed E-state index contributed by atoms with van der Waals surface area (Å²) in [4.78, 5) is 13.1. The molecule has 0 saturated carbocycles. The van der Waals surface area contributed by atoms with Crippen LogP contribution in [0.3, 0.4) is 0 Å². The van der Waals surface area contributed by atoms with Crippen molar-refractivity contribution in [1.82, 2.24) is 5.32 Å². The van der Waals surface area contributed by atoms with Crippen LogP contribution in [-0.4, -0.2) is 140 Å². The fourth-order valence-corrected chi connectivity index (χ4v) is 9.00. The molecule has 0 aromatic heterocycles. The standard InChI is InChI=1S/C50H97NO13/c1-3-5-7-9-10-11-12-13-14-15-16-17-18-19-20-21-22-23-24-25-26-27-28-29-30-32-34-42(55)51-38(39(54)33-31-8-6-4-2)37-61-49-47(60)45(58)48(41(36-53)63-49)64-50-46(59)44(57)43(56)40(35-52)62-50/h38-41,43-50,52-54,56-60H,3-37H2,1-2H3,(H,51,55). The monoisotopic (exact) mass is 920 g/mol. The molecule has 14 heteroatoms. The quantitative estimate of drug-likeness (QED) is 0.0282. The highest BCUT2D eigenvalue weighted by atomic mass is 16.7. The van der Waals surface area contributed by atoms with Gasteiger partial charge >= 0.3 is 0 Å². The van der Waals surface area contributed by atoms with Crippen LogP contribution in [0.5, 0.6) is 0 Å². The van der Waals surface area contributed by atoms with Gasteiger partial charge in [-0.25, -0.2) is 0 Å². The molecule has 0 aliphatic carbocycles. The molecule has 0 spiro atoms. The van der Waals surface area contributed by atoms with E-state index in [4.69, 9.17) is 18.9 Å². The van der Waals surface area contributed by atoms with Crippen LogP contribution in [0.25, 0.3) is 0 Å². The molecule has 2 saturated heterocycles. The normalized spacial score (nSPS) is 27.2. The van der Waals surface area contributed by atoms with Crippen LogP contribution < -0.4 is 5.32 Å². The minimum atomic E-state index is -1.78. The summed E-state index contributed by atoms with van der Waals surface area (Å²) < 4.78 is 22.6. The van der Waals surface area contributed by atoms with E-state index in [1.807, 2.05) is 0 Å². The molecule has 2 heterocycles. The first-order chi connectivity index (χ1) is 31.1. The third-order valence-corrected chi connectivity index (χ3v) is 13.3. The van der Waals surface area contributed by atoms with E-state index in [1.165, 1.54) is 141 Å². The van der Waals surface area contributed by atoms with Crippen molar-refractivity contribution < 1.29 is 64.6 Å². The van der Waals surface area contributed by atoms with Gasteiger partial charge in [-0.05, 0) is 12.8 Å². The second kappa shape index (κ2) is 37.9. The number of carbonyl (C=O) groups excluding carboxylic acids is 1. The molecule has 9 N–H and O–H groups in total. The van der Waals surface area contributed by atoms with E-state index < -0.39 is 86.8 Å². The van der Waals surface area contributed by atoms with E-state index >= 15 is 0 Å². The number of hydrogen-bond donors (Lipinski definition) is 9. The molecule has 1 amide bonds. The van der Waals surface area contributed by atoms with Crippen molar-refractivity contribution in [2.75, 3.05) is 19.8 Å². The van der Waals surface area contributed by atoms with Crippen molar-refractivity contribution >= 4 is 5.91 Å².